The van der Waals surface area contributed by atoms with Crippen LogP contribution in [-0.4, -0.2) is 47.8 Å². The van der Waals surface area contributed by atoms with E-state index in [-0.39, 0.29) is 24.6 Å². The molecular weight excluding hydrogens is 309 g/mol. The third-order valence-electron chi connectivity index (χ3n) is 4.30. The van der Waals surface area contributed by atoms with Gasteiger partial charge in [0.2, 0.25) is 0 Å². The first-order valence-corrected chi connectivity index (χ1v) is 7.96. The van der Waals surface area contributed by atoms with Crippen molar-refractivity contribution in [2.45, 2.75) is 12.0 Å². The topological polar surface area (TPSA) is 49.8 Å². The fraction of sp³-hybridized carbons (Fsp3) is 0.316. The fourth-order valence-electron chi connectivity index (χ4n) is 3.05. The molecule has 0 saturated carbocycles. The standard InChI is InChI=1S/C19H20FNO3/c20-17-9-5-4-8-16(17)18(23)21-10-11-24-19(13-21,14-22)12-15-6-2-1-3-7-15/h1-9,22H,10-14H2. The summed E-state index contributed by atoms with van der Waals surface area (Å²) >= 11 is 0. The lowest BCUT2D eigenvalue weighted by Crippen LogP contribution is -2.56. The van der Waals surface area contributed by atoms with Gasteiger partial charge in [-0.2, -0.15) is 0 Å². The van der Waals surface area contributed by atoms with Crippen molar-refractivity contribution in [3.05, 3.63) is 71.5 Å². The molecule has 3 rings (SSSR count). The average molecular weight is 329 g/mol. The van der Waals surface area contributed by atoms with Crippen molar-refractivity contribution in [2.24, 2.45) is 0 Å². The van der Waals surface area contributed by atoms with E-state index in [2.05, 4.69) is 0 Å². The summed E-state index contributed by atoms with van der Waals surface area (Å²) in [7, 11) is 0. The molecule has 1 atom stereocenters. The Bertz CT molecular complexity index is 707. The maximum atomic E-state index is 13.9. The van der Waals surface area contributed by atoms with Gasteiger partial charge in [0, 0.05) is 13.0 Å². The van der Waals surface area contributed by atoms with Crippen LogP contribution in [0, 0.1) is 5.82 Å². The zero-order valence-electron chi connectivity index (χ0n) is 13.3. The number of hydrogen-bond donors (Lipinski definition) is 1. The zero-order chi connectivity index (χ0) is 17.0. The summed E-state index contributed by atoms with van der Waals surface area (Å²) in [6.07, 6.45) is 0.491. The van der Waals surface area contributed by atoms with E-state index in [1.54, 1.807) is 17.0 Å². The van der Waals surface area contributed by atoms with E-state index < -0.39 is 11.4 Å². The Morgan fingerprint density at radius 1 is 1.17 bits per heavy atom. The fourth-order valence-corrected chi connectivity index (χ4v) is 3.05. The van der Waals surface area contributed by atoms with Crippen molar-refractivity contribution >= 4 is 5.91 Å². The van der Waals surface area contributed by atoms with E-state index in [0.717, 1.165) is 5.56 Å². The summed E-state index contributed by atoms with van der Waals surface area (Å²) in [5.74, 6) is -0.908. The molecule has 0 aliphatic carbocycles. The summed E-state index contributed by atoms with van der Waals surface area (Å²) < 4.78 is 19.7. The Labute approximate surface area is 140 Å². The number of aliphatic hydroxyl groups excluding tert-OH is 1. The number of halogens is 1. The summed E-state index contributed by atoms with van der Waals surface area (Å²) in [6, 6.07) is 15.6. The molecule has 1 aliphatic rings. The van der Waals surface area contributed by atoms with Crippen molar-refractivity contribution in [2.75, 3.05) is 26.3 Å². The highest BCUT2D eigenvalue weighted by molar-refractivity contribution is 5.94. The molecule has 24 heavy (non-hydrogen) atoms. The Hall–Kier alpha value is -2.24. The molecule has 1 N–H and O–H groups in total. The number of benzene rings is 2. The minimum absolute atomic E-state index is 0.0472. The third kappa shape index (κ3) is 3.47. The number of ether oxygens (including phenoxy) is 1. The molecule has 1 amide bonds. The number of carbonyl (C=O) groups excluding carboxylic acids is 1. The van der Waals surface area contributed by atoms with Crippen molar-refractivity contribution in [1.29, 1.82) is 0 Å². The van der Waals surface area contributed by atoms with Crippen LogP contribution < -0.4 is 0 Å². The van der Waals surface area contributed by atoms with Crippen LogP contribution in [0.5, 0.6) is 0 Å². The third-order valence-corrected chi connectivity index (χ3v) is 4.30. The van der Waals surface area contributed by atoms with Crippen LogP contribution in [0.15, 0.2) is 54.6 Å². The second kappa shape index (κ2) is 7.11. The second-order valence-electron chi connectivity index (χ2n) is 6.06. The molecule has 0 bridgehead atoms. The van der Waals surface area contributed by atoms with Gasteiger partial charge in [-0.05, 0) is 17.7 Å². The molecule has 1 fully saturated rings. The molecular formula is C19H20FNO3. The number of hydrogen-bond acceptors (Lipinski definition) is 3. The van der Waals surface area contributed by atoms with Crippen LogP contribution in [0.3, 0.4) is 0 Å². The van der Waals surface area contributed by atoms with Gasteiger partial charge in [0.1, 0.15) is 11.4 Å². The van der Waals surface area contributed by atoms with Gasteiger partial charge in [-0.15, -0.1) is 0 Å². The zero-order valence-corrected chi connectivity index (χ0v) is 13.3. The van der Waals surface area contributed by atoms with E-state index in [1.807, 2.05) is 30.3 Å². The van der Waals surface area contributed by atoms with Gasteiger partial charge in [-0.25, -0.2) is 4.39 Å². The van der Waals surface area contributed by atoms with E-state index in [1.165, 1.54) is 12.1 Å². The quantitative estimate of drug-likeness (QED) is 0.936. The maximum absolute atomic E-state index is 13.9. The van der Waals surface area contributed by atoms with Crippen LogP contribution in [0.25, 0.3) is 0 Å². The second-order valence-corrected chi connectivity index (χ2v) is 6.06. The van der Waals surface area contributed by atoms with Gasteiger partial charge in [-0.1, -0.05) is 42.5 Å². The highest BCUT2D eigenvalue weighted by atomic mass is 19.1. The van der Waals surface area contributed by atoms with Crippen LogP contribution in [0.4, 0.5) is 4.39 Å². The number of rotatable bonds is 4. The number of aliphatic hydroxyl groups is 1. The van der Waals surface area contributed by atoms with Crippen molar-refractivity contribution < 1.29 is 19.0 Å². The number of amides is 1. The van der Waals surface area contributed by atoms with Crippen LogP contribution >= 0.6 is 0 Å². The number of nitrogens with zero attached hydrogens (tertiary/aromatic N) is 1. The van der Waals surface area contributed by atoms with Gasteiger partial charge >= 0.3 is 0 Å². The molecule has 1 unspecified atom stereocenters. The number of carbonyl (C=O) groups is 1. The molecule has 5 heteroatoms. The van der Waals surface area contributed by atoms with E-state index in [0.29, 0.717) is 19.6 Å². The van der Waals surface area contributed by atoms with E-state index >= 15 is 0 Å². The maximum Gasteiger partial charge on any atom is 0.257 e. The van der Waals surface area contributed by atoms with Gasteiger partial charge in [-0.3, -0.25) is 4.79 Å². The monoisotopic (exact) mass is 329 g/mol. The molecule has 0 aromatic heterocycles. The Balaban J connectivity index is 1.79. The van der Waals surface area contributed by atoms with Gasteiger partial charge < -0.3 is 14.7 Å². The molecule has 0 radical (unpaired) electrons. The molecule has 1 heterocycles. The van der Waals surface area contributed by atoms with E-state index in [4.69, 9.17) is 4.74 Å². The molecule has 1 saturated heterocycles. The minimum atomic E-state index is -0.861. The van der Waals surface area contributed by atoms with Gasteiger partial charge in [0.15, 0.2) is 0 Å². The van der Waals surface area contributed by atoms with Crippen molar-refractivity contribution in [3.63, 3.8) is 0 Å². The van der Waals surface area contributed by atoms with Crippen LogP contribution in [0.1, 0.15) is 15.9 Å². The predicted molar refractivity (Wildman–Crippen MR) is 88.2 cm³/mol. The summed E-state index contributed by atoms with van der Waals surface area (Å²) in [6.45, 7) is 0.714. The lowest BCUT2D eigenvalue weighted by molar-refractivity contribution is -0.123. The highest BCUT2D eigenvalue weighted by Gasteiger charge is 2.38. The minimum Gasteiger partial charge on any atom is -0.393 e. The smallest absolute Gasteiger partial charge is 0.257 e. The molecule has 2 aromatic carbocycles. The molecule has 126 valence electrons. The van der Waals surface area contributed by atoms with Gasteiger partial charge in [0.25, 0.3) is 5.91 Å². The predicted octanol–water partition coefficient (Wildman–Crippen LogP) is 2.27. The SMILES string of the molecule is O=C(c1ccccc1F)N1CCOC(CO)(Cc2ccccc2)C1. The summed E-state index contributed by atoms with van der Waals surface area (Å²) in [4.78, 5) is 14.2. The highest BCUT2D eigenvalue weighted by Crippen LogP contribution is 2.24. The van der Waals surface area contributed by atoms with Gasteiger partial charge in [0.05, 0.1) is 25.3 Å². The Morgan fingerprint density at radius 3 is 2.58 bits per heavy atom. The first-order chi connectivity index (χ1) is 11.6. The largest absolute Gasteiger partial charge is 0.393 e. The molecule has 1 aliphatic heterocycles. The van der Waals surface area contributed by atoms with E-state index in [9.17, 15) is 14.3 Å². The Morgan fingerprint density at radius 2 is 1.88 bits per heavy atom. The summed E-state index contributed by atoms with van der Waals surface area (Å²) in [5.41, 5.74) is 0.207. The number of morpholine rings is 1. The van der Waals surface area contributed by atoms with Crippen molar-refractivity contribution in [1.82, 2.24) is 4.90 Å². The molecule has 0 spiro atoms. The van der Waals surface area contributed by atoms with Crippen LogP contribution in [-0.2, 0) is 11.2 Å². The summed E-state index contributed by atoms with van der Waals surface area (Å²) in [5, 5.41) is 9.89. The lowest BCUT2D eigenvalue weighted by Gasteiger charge is -2.42. The first kappa shape index (κ1) is 16.6. The normalized spacial score (nSPS) is 20.8. The first-order valence-electron chi connectivity index (χ1n) is 7.96. The average Bonchev–Trinajstić information content (AvgIpc) is 2.62. The molecule has 2 aromatic rings. The molecule has 4 nitrogen and oxygen atoms in total. The lowest BCUT2D eigenvalue weighted by atomic mass is 9.93. The Kier molecular flexibility index (Phi) is 4.92. The van der Waals surface area contributed by atoms with Crippen LogP contribution in [0.2, 0.25) is 0 Å². The van der Waals surface area contributed by atoms with Crippen molar-refractivity contribution in [3.8, 4) is 0 Å².